The van der Waals surface area contributed by atoms with Crippen LogP contribution in [-0.4, -0.2) is 57.3 Å². The van der Waals surface area contributed by atoms with Gasteiger partial charge in [0, 0.05) is 18.5 Å². The van der Waals surface area contributed by atoms with Gasteiger partial charge in [0.1, 0.15) is 23.4 Å². The molecule has 2 heterocycles. The van der Waals surface area contributed by atoms with E-state index in [9.17, 15) is 19.5 Å². The van der Waals surface area contributed by atoms with E-state index in [2.05, 4.69) is 14.9 Å². The summed E-state index contributed by atoms with van der Waals surface area (Å²) in [4.78, 5) is 29.7. The van der Waals surface area contributed by atoms with Crippen LogP contribution in [0, 0.1) is 5.92 Å². The molecule has 1 aromatic carbocycles. The first-order valence-electron chi connectivity index (χ1n) is 9.12. The quantitative estimate of drug-likeness (QED) is 0.611. The minimum atomic E-state index is -4.26. The second-order valence-corrected chi connectivity index (χ2v) is 8.92. The minimum absolute atomic E-state index is 0.301. The summed E-state index contributed by atoms with van der Waals surface area (Å²) in [5, 5.41) is 10.2. The number of hydrogen-bond donors (Lipinski definition) is 3. The Morgan fingerprint density at radius 3 is 2.89 bits per heavy atom. The molecule has 148 valence electrons. The summed E-state index contributed by atoms with van der Waals surface area (Å²) in [5.41, 5.74) is -0.203. The number of anilines is 1. The van der Waals surface area contributed by atoms with Crippen molar-refractivity contribution in [1.82, 2.24) is 9.97 Å². The fourth-order valence-corrected chi connectivity index (χ4v) is 4.45. The topological polar surface area (TPSA) is 116 Å². The zero-order chi connectivity index (χ0) is 19.4. The Labute approximate surface area is 158 Å². The molecule has 9 heteroatoms. The molecule has 2 aromatic rings. The third-order valence-corrected chi connectivity index (χ3v) is 6.61. The molecule has 27 heavy (non-hydrogen) atoms. The first kappa shape index (κ1) is 20.0. The molecule has 1 aromatic heterocycles. The van der Waals surface area contributed by atoms with Crippen molar-refractivity contribution in [2.75, 3.05) is 31.7 Å². The summed E-state index contributed by atoms with van der Waals surface area (Å²) >= 11 is 0. The molecule has 1 aliphatic heterocycles. The number of aliphatic hydroxyl groups is 1. The van der Waals surface area contributed by atoms with Crippen LogP contribution < -0.4 is 9.64 Å². The molecule has 8 nitrogen and oxygen atoms in total. The Kier molecular flexibility index (Phi) is 6.32. The molecule has 1 aliphatic rings. The number of benzene rings is 1. The zero-order valence-electron chi connectivity index (χ0n) is 15.4. The smallest absolute Gasteiger partial charge is 0.330 e. The lowest BCUT2D eigenvalue weighted by atomic mass is 9.92. The Bertz CT molecular complexity index is 828. The van der Waals surface area contributed by atoms with Crippen LogP contribution in [0.1, 0.15) is 25.7 Å². The second-order valence-electron chi connectivity index (χ2n) is 7.01. The number of rotatable bonds is 7. The summed E-state index contributed by atoms with van der Waals surface area (Å²) in [6.45, 7) is 1.15. The summed E-state index contributed by atoms with van der Waals surface area (Å²) in [6, 6.07) is 5.77. The molecule has 0 bridgehead atoms. The van der Waals surface area contributed by atoms with Gasteiger partial charge in [0.05, 0.1) is 19.4 Å². The Balaban J connectivity index is 1.75. The zero-order valence-corrected chi connectivity index (χ0v) is 16.3. The number of fused-ring (bicyclic) bond motifs is 1. The van der Waals surface area contributed by atoms with Crippen molar-refractivity contribution < 1.29 is 24.2 Å². The normalized spacial score (nSPS) is 19.3. The van der Waals surface area contributed by atoms with Gasteiger partial charge in [0.15, 0.2) is 0 Å². The molecule has 1 fully saturated rings. The number of aliphatic hydroxyl groups excluding tert-OH is 1. The summed E-state index contributed by atoms with van der Waals surface area (Å²) in [5.74, 6) is 1.87. The van der Waals surface area contributed by atoms with Crippen molar-refractivity contribution >= 4 is 24.3 Å². The van der Waals surface area contributed by atoms with Crippen LogP contribution in [0.3, 0.4) is 0 Å². The van der Waals surface area contributed by atoms with E-state index >= 15 is 0 Å². The molecule has 3 N–H and O–H groups in total. The van der Waals surface area contributed by atoms with Crippen molar-refractivity contribution in [3.63, 3.8) is 0 Å². The van der Waals surface area contributed by atoms with Gasteiger partial charge in [0.2, 0.25) is 0 Å². The number of ether oxygens (including phenoxy) is 1. The van der Waals surface area contributed by atoms with Crippen LogP contribution >= 0.6 is 7.60 Å². The highest BCUT2D eigenvalue weighted by atomic mass is 31.2. The molecule has 1 saturated heterocycles. The van der Waals surface area contributed by atoms with Crippen molar-refractivity contribution in [3.05, 3.63) is 24.5 Å². The van der Waals surface area contributed by atoms with Gasteiger partial charge in [-0.15, -0.1) is 0 Å². The first-order chi connectivity index (χ1) is 12.9. The molecule has 0 amide bonds. The van der Waals surface area contributed by atoms with Crippen LogP contribution in [0.15, 0.2) is 24.5 Å². The predicted molar refractivity (Wildman–Crippen MR) is 103 cm³/mol. The Morgan fingerprint density at radius 1 is 1.37 bits per heavy atom. The summed E-state index contributed by atoms with van der Waals surface area (Å²) < 4.78 is 16.8. The maximum atomic E-state index is 11.4. The van der Waals surface area contributed by atoms with Crippen molar-refractivity contribution in [1.29, 1.82) is 0 Å². The van der Waals surface area contributed by atoms with Gasteiger partial charge in [0.25, 0.3) is 0 Å². The van der Waals surface area contributed by atoms with E-state index in [1.165, 1.54) is 0 Å². The standard InChI is InChI=1S/C18H26N3O5P/c1-26-16-6-2-5-15-17(16)19-12-20-18(15)21-9-3-4-13(10-21)7-8-14(11-22)27(23,24)25/h2,5-6,12-14,22H,3-4,7-11H2,1H3,(H2,23,24,25). The van der Waals surface area contributed by atoms with E-state index in [4.69, 9.17) is 4.74 Å². The molecule has 0 aliphatic carbocycles. The van der Waals surface area contributed by atoms with E-state index in [1.807, 2.05) is 18.2 Å². The third kappa shape index (κ3) is 4.58. The number of nitrogens with zero attached hydrogens (tertiary/aromatic N) is 3. The number of methoxy groups -OCH3 is 1. The second kappa shape index (κ2) is 8.52. The molecule has 3 rings (SSSR count). The minimum Gasteiger partial charge on any atom is -0.494 e. The largest absolute Gasteiger partial charge is 0.494 e. The van der Waals surface area contributed by atoms with E-state index in [0.717, 1.165) is 42.7 Å². The fraction of sp³-hybridized carbons (Fsp3) is 0.556. The number of aromatic nitrogens is 2. The fourth-order valence-electron chi connectivity index (χ4n) is 3.75. The van der Waals surface area contributed by atoms with Gasteiger partial charge < -0.3 is 24.5 Å². The lowest BCUT2D eigenvalue weighted by Crippen LogP contribution is -2.36. The van der Waals surface area contributed by atoms with Crippen molar-refractivity contribution in [2.24, 2.45) is 5.92 Å². The Hall–Kier alpha value is -1.73. The highest BCUT2D eigenvalue weighted by Gasteiger charge is 2.30. The van der Waals surface area contributed by atoms with Gasteiger partial charge in [-0.05, 0) is 43.7 Å². The molecule has 0 spiro atoms. The molecule has 2 unspecified atom stereocenters. The first-order valence-corrected chi connectivity index (χ1v) is 10.8. The highest BCUT2D eigenvalue weighted by molar-refractivity contribution is 7.52. The van der Waals surface area contributed by atoms with E-state index in [0.29, 0.717) is 24.5 Å². The van der Waals surface area contributed by atoms with Crippen molar-refractivity contribution in [3.8, 4) is 5.75 Å². The average molecular weight is 395 g/mol. The van der Waals surface area contributed by atoms with Crippen molar-refractivity contribution in [2.45, 2.75) is 31.3 Å². The van der Waals surface area contributed by atoms with Gasteiger partial charge in [-0.2, -0.15) is 0 Å². The monoisotopic (exact) mass is 395 g/mol. The SMILES string of the molecule is COc1cccc2c(N3CCCC(CCC(CO)P(=O)(O)O)C3)ncnc12. The van der Waals surface area contributed by atoms with Crippen LogP contribution in [0.5, 0.6) is 5.75 Å². The summed E-state index contributed by atoms with van der Waals surface area (Å²) in [6.07, 6.45) is 4.51. The third-order valence-electron chi connectivity index (χ3n) is 5.24. The highest BCUT2D eigenvalue weighted by Crippen LogP contribution is 2.44. The maximum absolute atomic E-state index is 11.4. The van der Waals surface area contributed by atoms with Gasteiger partial charge in [-0.1, -0.05) is 6.07 Å². The van der Waals surface area contributed by atoms with Crippen LogP contribution in [0.4, 0.5) is 5.82 Å². The number of hydrogen-bond acceptors (Lipinski definition) is 6. The maximum Gasteiger partial charge on any atom is 0.330 e. The van der Waals surface area contributed by atoms with E-state index in [1.54, 1.807) is 13.4 Å². The molecule has 0 saturated carbocycles. The Morgan fingerprint density at radius 2 is 2.19 bits per heavy atom. The molecule has 2 atom stereocenters. The molecular weight excluding hydrogens is 369 g/mol. The molecular formula is C18H26N3O5P. The van der Waals surface area contributed by atoms with Crippen LogP contribution in [-0.2, 0) is 4.57 Å². The van der Waals surface area contributed by atoms with Gasteiger partial charge >= 0.3 is 7.60 Å². The number of para-hydroxylation sites is 1. The lowest BCUT2D eigenvalue weighted by Gasteiger charge is -2.34. The number of piperidine rings is 1. The predicted octanol–water partition coefficient (Wildman–Crippen LogP) is 2.17. The van der Waals surface area contributed by atoms with E-state index in [-0.39, 0.29) is 0 Å². The summed E-state index contributed by atoms with van der Waals surface area (Å²) in [7, 11) is -2.64. The molecule has 0 radical (unpaired) electrons. The van der Waals surface area contributed by atoms with Gasteiger partial charge in [-0.25, -0.2) is 9.97 Å². The van der Waals surface area contributed by atoms with E-state index < -0.39 is 19.9 Å². The van der Waals surface area contributed by atoms with Gasteiger partial charge in [-0.3, -0.25) is 4.57 Å². The lowest BCUT2D eigenvalue weighted by molar-refractivity contribution is 0.250. The average Bonchev–Trinajstić information content (AvgIpc) is 2.66. The van der Waals surface area contributed by atoms with Crippen LogP contribution in [0.25, 0.3) is 10.9 Å². The van der Waals surface area contributed by atoms with Crippen LogP contribution in [0.2, 0.25) is 0 Å².